The van der Waals surface area contributed by atoms with Crippen LogP contribution in [0.4, 0.5) is 9.18 Å². The lowest BCUT2D eigenvalue weighted by atomic mass is 9.56. The maximum atomic E-state index is 12.9. The first-order valence-electron chi connectivity index (χ1n) is 10.1. The molecular formula is C22H30FNO5. The molecule has 29 heavy (non-hydrogen) atoms. The Hall–Kier alpha value is -2.12. The molecule has 0 unspecified atom stereocenters. The molecule has 0 atom stereocenters. The highest BCUT2D eigenvalue weighted by molar-refractivity contribution is 5.64. The summed E-state index contributed by atoms with van der Waals surface area (Å²) in [7, 11) is 1.70. The van der Waals surface area contributed by atoms with Gasteiger partial charge in [-0.2, -0.15) is 0 Å². The number of nitrogens with one attached hydrogen (secondary N) is 1. The first kappa shape index (κ1) is 21.6. The fraction of sp³-hybridized carbons (Fsp3) is 0.591. The van der Waals surface area contributed by atoms with E-state index in [0.717, 1.165) is 38.5 Å². The van der Waals surface area contributed by atoms with E-state index in [2.05, 4.69) is 17.4 Å². The third kappa shape index (κ3) is 5.28. The number of carboxylic acid groups (broad SMARTS) is 1. The molecule has 0 radical (unpaired) electrons. The zero-order chi connectivity index (χ0) is 20.7. The first-order valence-corrected chi connectivity index (χ1v) is 10.1. The summed E-state index contributed by atoms with van der Waals surface area (Å²) in [6.45, 7) is 1.21. The SMILES string of the molecule is COCCOC12CCC(c3ccc(OCC(=CF)CNC(=O)O)cc3)(CC1)CC2. The maximum Gasteiger partial charge on any atom is 0.404 e. The van der Waals surface area contributed by atoms with Crippen molar-refractivity contribution in [3.8, 4) is 5.75 Å². The van der Waals surface area contributed by atoms with Crippen molar-refractivity contribution < 1.29 is 28.5 Å². The standard InChI is InChI=1S/C22H30FNO5/c1-27-12-13-29-22-9-6-21(7-10-22,8-11-22)18-2-4-19(5-3-18)28-16-17(14-23)15-24-20(25)26/h2-5,14,24H,6-13,15-16H2,1H3,(H,25,26). The lowest BCUT2D eigenvalue weighted by Crippen LogP contribution is -2.50. The summed E-state index contributed by atoms with van der Waals surface area (Å²) in [6.07, 6.45) is 5.79. The van der Waals surface area contributed by atoms with Crippen LogP contribution in [0.2, 0.25) is 0 Å². The van der Waals surface area contributed by atoms with Gasteiger partial charge in [0.25, 0.3) is 0 Å². The number of benzene rings is 1. The summed E-state index contributed by atoms with van der Waals surface area (Å²) in [5.74, 6) is 0.642. The van der Waals surface area contributed by atoms with E-state index in [1.807, 2.05) is 12.1 Å². The Bertz CT molecular complexity index is 694. The molecule has 0 heterocycles. The predicted molar refractivity (Wildman–Crippen MR) is 107 cm³/mol. The second-order valence-corrected chi connectivity index (χ2v) is 8.04. The van der Waals surface area contributed by atoms with E-state index in [4.69, 9.17) is 19.3 Å². The van der Waals surface area contributed by atoms with Crippen molar-refractivity contribution in [2.24, 2.45) is 0 Å². The number of methoxy groups -OCH3 is 1. The Morgan fingerprint density at radius 1 is 1.14 bits per heavy atom. The molecular weight excluding hydrogens is 377 g/mol. The molecule has 6 nitrogen and oxygen atoms in total. The molecule has 0 aliphatic heterocycles. The van der Waals surface area contributed by atoms with E-state index in [1.165, 1.54) is 5.56 Å². The maximum absolute atomic E-state index is 12.9. The lowest BCUT2D eigenvalue weighted by Gasteiger charge is -2.53. The minimum Gasteiger partial charge on any atom is -0.489 e. The molecule has 3 aliphatic rings. The summed E-state index contributed by atoms with van der Waals surface area (Å²) >= 11 is 0. The Labute approximate surface area is 171 Å². The van der Waals surface area contributed by atoms with Gasteiger partial charge in [0.05, 0.1) is 25.1 Å². The predicted octanol–water partition coefficient (Wildman–Crippen LogP) is 4.19. The summed E-state index contributed by atoms with van der Waals surface area (Å²) in [6, 6.07) is 8.04. The van der Waals surface area contributed by atoms with E-state index in [9.17, 15) is 9.18 Å². The highest BCUT2D eigenvalue weighted by Crippen LogP contribution is 2.55. The van der Waals surface area contributed by atoms with Crippen molar-refractivity contribution in [1.82, 2.24) is 5.32 Å². The summed E-state index contributed by atoms with van der Waals surface area (Å²) in [4.78, 5) is 10.5. The highest BCUT2D eigenvalue weighted by atomic mass is 19.1. The Morgan fingerprint density at radius 2 is 1.79 bits per heavy atom. The van der Waals surface area contributed by atoms with Crippen LogP contribution in [0.3, 0.4) is 0 Å². The van der Waals surface area contributed by atoms with Gasteiger partial charge in [-0.25, -0.2) is 9.18 Å². The minimum absolute atomic E-state index is 0.00258. The van der Waals surface area contributed by atoms with Gasteiger partial charge in [0.1, 0.15) is 12.4 Å². The Morgan fingerprint density at radius 3 is 2.34 bits per heavy atom. The van der Waals surface area contributed by atoms with Crippen molar-refractivity contribution >= 4 is 6.09 Å². The molecule has 0 aromatic heterocycles. The van der Waals surface area contributed by atoms with Crippen LogP contribution in [0.25, 0.3) is 0 Å². The molecule has 1 aromatic rings. The van der Waals surface area contributed by atoms with E-state index < -0.39 is 6.09 Å². The number of fused-ring (bicyclic) bond motifs is 3. The van der Waals surface area contributed by atoms with Gasteiger partial charge in [0.2, 0.25) is 0 Å². The zero-order valence-corrected chi connectivity index (χ0v) is 16.9. The number of ether oxygens (including phenoxy) is 3. The topological polar surface area (TPSA) is 77.0 Å². The van der Waals surface area contributed by atoms with Gasteiger partial charge in [0, 0.05) is 19.2 Å². The second kappa shape index (κ2) is 9.59. The third-order valence-electron chi connectivity index (χ3n) is 6.39. The van der Waals surface area contributed by atoms with Crippen LogP contribution >= 0.6 is 0 Å². The van der Waals surface area contributed by atoms with Crippen molar-refractivity contribution in [2.75, 3.05) is 33.5 Å². The number of rotatable bonds is 10. The van der Waals surface area contributed by atoms with Crippen LogP contribution in [-0.2, 0) is 14.9 Å². The van der Waals surface area contributed by atoms with Gasteiger partial charge in [-0.05, 0) is 61.6 Å². The highest BCUT2D eigenvalue weighted by Gasteiger charge is 2.49. The number of amides is 1. The average molecular weight is 407 g/mol. The molecule has 2 N–H and O–H groups in total. The number of halogens is 1. The summed E-state index contributed by atoms with van der Waals surface area (Å²) in [5, 5.41) is 10.7. The largest absolute Gasteiger partial charge is 0.489 e. The van der Waals surface area contributed by atoms with E-state index in [0.29, 0.717) is 25.3 Å². The Balaban J connectivity index is 1.54. The lowest BCUT2D eigenvalue weighted by molar-refractivity contribution is -0.127. The van der Waals surface area contributed by atoms with E-state index >= 15 is 0 Å². The molecule has 1 aromatic carbocycles. The summed E-state index contributed by atoms with van der Waals surface area (Å²) < 4.78 is 29.7. The van der Waals surface area contributed by atoms with Crippen LogP contribution in [0.5, 0.6) is 5.75 Å². The average Bonchev–Trinajstić information content (AvgIpc) is 2.75. The molecule has 7 heteroatoms. The van der Waals surface area contributed by atoms with Crippen LogP contribution in [0.1, 0.15) is 44.1 Å². The van der Waals surface area contributed by atoms with Crippen molar-refractivity contribution in [3.63, 3.8) is 0 Å². The molecule has 0 spiro atoms. The van der Waals surface area contributed by atoms with Crippen LogP contribution in [0, 0.1) is 0 Å². The first-order chi connectivity index (χ1) is 14.0. The van der Waals surface area contributed by atoms with Crippen LogP contribution in [-0.4, -0.2) is 50.3 Å². The zero-order valence-electron chi connectivity index (χ0n) is 16.9. The molecule has 3 aliphatic carbocycles. The quantitative estimate of drug-likeness (QED) is 0.569. The van der Waals surface area contributed by atoms with Gasteiger partial charge in [0.15, 0.2) is 0 Å². The fourth-order valence-corrected chi connectivity index (χ4v) is 4.53. The van der Waals surface area contributed by atoms with Crippen molar-refractivity contribution in [3.05, 3.63) is 41.7 Å². The molecule has 4 rings (SSSR count). The van der Waals surface area contributed by atoms with Gasteiger partial charge >= 0.3 is 6.09 Å². The molecule has 160 valence electrons. The van der Waals surface area contributed by atoms with Crippen molar-refractivity contribution in [1.29, 1.82) is 0 Å². The smallest absolute Gasteiger partial charge is 0.404 e. The molecule has 2 bridgehead atoms. The molecule has 3 fully saturated rings. The van der Waals surface area contributed by atoms with Crippen molar-refractivity contribution in [2.45, 2.75) is 49.5 Å². The van der Waals surface area contributed by atoms with Crippen LogP contribution < -0.4 is 10.1 Å². The number of carbonyl (C=O) groups is 1. The third-order valence-corrected chi connectivity index (χ3v) is 6.39. The minimum atomic E-state index is -1.19. The molecule has 3 saturated carbocycles. The van der Waals surface area contributed by atoms with E-state index in [-0.39, 0.29) is 29.7 Å². The van der Waals surface area contributed by atoms with Crippen LogP contribution in [0.15, 0.2) is 36.2 Å². The van der Waals surface area contributed by atoms with Gasteiger partial charge < -0.3 is 24.6 Å². The monoisotopic (exact) mass is 407 g/mol. The molecule has 1 amide bonds. The number of hydrogen-bond acceptors (Lipinski definition) is 4. The van der Waals surface area contributed by atoms with Gasteiger partial charge in [-0.15, -0.1) is 0 Å². The second-order valence-electron chi connectivity index (χ2n) is 8.04. The normalized spacial score (nSPS) is 26.3. The van der Waals surface area contributed by atoms with Gasteiger partial charge in [-0.1, -0.05) is 12.1 Å². The van der Waals surface area contributed by atoms with Gasteiger partial charge in [-0.3, -0.25) is 0 Å². The summed E-state index contributed by atoms with van der Waals surface area (Å²) in [5.41, 5.74) is 1.80. The molecule has 0 saturated heterocycles. The van der Waals surface area contributed by atoms with E-state index in [1.54, 1.807) is 7.11 Å². The fourth-order valence-electron chi connectivity index (χ4n) is 4.53. The number of hydrogen-bond donors (Lipinski definition) is 2. The Kier molecular flexibility index (Phi) is 7.14.